The lowest BCUT2D eigenvalue weighted by Crippen LogP contribution is -1.35. The van der Waals surface area contributed by atoms with E-state index in [1.807, 2.05) is 6.92 Å². The maximum Gasteiger partial charge on any atom is -0.0287 e. The number of rotatable bonds is 0. The van der Waals surface area contributed by atoms with E-state index >= 15 is 0 Å². The molecule has 0 heterocycles. The number of hydrogen-bond acceptors (Lipinski definition) is 1. The zero-order valence-electron chi connectivity index (χ0n) is 5.36. The maximum atomic E-state index is 3.77. The lowest BCUT2D eigenvalue weighted by molar-refractivity contribution is 1.09. The Hall–Kier alpha value is 0.0900. The van der Waals surface area contributed by atoms with Crippen LogP contribution in [0.5, 0.6) is 0 Å². The van der Waals surface area contributed by atoms with E-state index in [1.165, 1.54) is 6.42 Å². The molecule has 0 nitrogen and oxygen atoms in total. The standard InChI is InChI=1S/C3H6S.C3H8/c1-3(2)4;1-3-2/h4H,1H2,2H3;3H2,1-2H3. The smallest absolute Gasteiger partial charge is 0.0287 e. The first-order valence-electron chi connectivity index (χ1n) is 2.49. The Labute approximate surface area is 52.0 Å². The third-order valence-corrected chi connectivity index (χ3v) is 0. The highest BCUT2D eigenvalue weighted by Crippen LogP contribution is 1.86. The summed E-state index contributed by atoms with van der Waals surface area (Å²) < 4.78 is 0. The van der Waals surface area contributed by atoms with Gasteiger partial charge < -0.3 is 0 Å². The Morgan fingerprint density at radius 1 is 1.57 bits per heavy atom. The monoisotopic (exact) mass is 118 g/mol. The molecule has 0 atom stereocenters. The molecule has 0 fully saturated rings. The molecule has 0 aromatic heterocycles. The van der Waals surface area contributed by atoms with Gasteiger partial charge in [-0.1, -0.05) is 26.8 Å². The van der Waals surface area contributed by atoms with Crippen molar-refractivity contribution < 1.29 is 0 Å². The van der Waals surface area contributed by atoms with Crippen LogP contribution in [0.4, 0.5) is 0 Å². The number of allylic oxidation sites excluding steroid dienone is 1. The van der Waals surface area contributed by atoms with Crippen LogP contribution in [0.25, 0.3) is 0 Å². The topological polar surface area (TPSA) is 0 Å². The SMILES string of the molecule is C=C(C)S.CCC. The van der Waals surface area contributed by atoms with E-state index in [9.17, 15) is 0 Å². The van der Waals surface area contributed by atoms with Crippen LogP contribution in [0.1, 0.15) is 27.2 Å². The van der Waals surface area contributed by atoms with E-state index in [2.05, 4.69) is 33.1 Å². The summed E-state index contributed by atoms with van der Waals surface area (Å²) in [5, 5.41) is 0. The molecule has 0 amide bonds. The van der Waals surface area contributed by atoms with Crippen LogP contribution in [0, 0.1) is 0 Å². The van der Waals surface area contributed by atoms with Crippen molar-refractivity contribution in [2.24, 2.45) is 0 Å². The van der Waals surface area contributed by atoms with Crippen molar-refractivity contribution in [2.45, 2.75) is 27.2 Å². The van der Waals surface area contributed by atoms with Crippen LogP contribution in [0.3, 0.4) is 0 Å². The summed E-state index contributed by atoms with van der Waals surface area (Å²) in [7, 11) is 0. The Morgan fingerprint density at radius 3 is 1.57 bits per heavy atom. The molecule has 0 aliphatic carbocycles. The fourth-order valence-corrected chi connectivity index (χ4v) is 0. The zero-order chi connectivity index (χ0) is 6.28. The van der Waals surface area contributed by atoms with Crippen LogP contribution in [0.2, 0.25) is 0 Å². The van der Waals surface area contributed by atoms with Crippen LogP contribution < -0.4 is 0 Å². The van der Waals surface area contributed by atoms with Gasteiger partial charge in [0.25, 0.3) is 0 Å². The van der Waals surface area contributed by atoms with E-state index < -0.39 is 0 Å². The van der Waals surface area contributed by atoms with Crippen LogP contribution >= 0.6 is 12.6 Å². The molecule has 0 unspecified atom stereocenters. The average molecular weight is 118 g/mol. The van der Waals surface area contributed by atoms with E-state index in [4.69, 9.17) is 0 Å². The first kappa shape index (κ1) is 10.1. The Balaban J connectivity index is 0. The van der Waals surface area contributed by atoms with E-state index in [1.54, 1.807) is 0 Å². The maximum absolute atomic E-state index is 3.77. The molecule has 0 N–H and O–H groups in total. The predicted octanol–water partition coefficient (Wildman–Crippen LogP) is 2.87. The van der Waals surface area contributed by atoms with Crippen molar-refractivity contribution in [3.63, 3.8) is 0 Å². The number of hydrogen-bond donors (Lipinski definition) is 1. The van der Waals surface area contributed by atoms with Gasteiger partial charge in [-0.05, 0) is 11.8 Å². The second-order valence-corrected chi connectivity index (χ2v) is 2.21. The fourth-order valence-electron chi connectivity index (χ4n) is 0. The molecule has 1 heteroatoms. The summed E-state index contributed by atoms with van der Waals surface area (Å²) in [6.07, 6.45) is 1.25. The van der Waals surface area contributed by atoms with Gasteiger partial charge in [0.15, 0.2) is 0 Å². The van der Waals surface area contributed by atoms with Crippen molar-refractivity contribution >= 4 is 12.6 Å². The summed E-state index contributed by atoms with van der Waals surface area (Å²) >= 11 is 3.77. The highest BCUT2D eigenvalue weighted by Gasteiger charge is 1.52. The molecule has 0 bridgehead atoms. The second-order valence-electron chi connectivity index (χ2n) is 1.44. The van der Waals surface area contributed by atoms with E-state index in [0.29, 0.717) is 0 Å². The van der Waals surface area contributed by atoms with Crippen molar-refractivity contribution in [3.8, 4) is 0 Å². The minimum Gasteiger partial charge on any atom is -0.149 e. The Bertz CT molecular complexity index is 35.4. The molecule has 0 aliphatic heterocycles. The normalized spacial score (nSPS) is 6.29. The van der Waals surface area contributed by atoms with Gasteiger partial charge >= 0.3 is 0 Å². The summed E-state index contributed by atoms with van der Waals surface area (Å²) in [6.45, 7) is 9.51. The van der Waals surface area contributed by atoms with Crippen LogP contribution in [-0.4, -0.2) is 0 Å². The van der Waals surface area contributed by atoms with Gasteiger partial charge in [-0.2, -0.15) is 0 Å². The van der Waals surface area contributed by atoms with Gasteiger partial charge in [-0.15, -0.1) is 12.6 Å². The first-order chi connectivity index (χ1) is 3.15. The molecule has 0 saturated carbocycles. The lowest BCUT2D eigenvalue weighted by Gasteiger charge is -1.64. The Morgan fingerprint density at radius 2 is 1.57 bits per heavy atom. The summed E-state index contributed by atoms with van der Waals surface area (Å²) in [5.74, 6) is 0. The van der Waals surface area contributed by atoms with Gasteiger partial charge in [0.2, 0.25) is 0 Å². The first-order valence-corrected chi connectivity index (χ1v) is 2.94. The molecule has 0 radical (unpaired) electrons. The summed E-state index contributed by atoms with van der Waals surface area (Å²) in [5.41, 5.74) is 0. The Kier molecular flexibility index (Phi) is 13.7. The van der Waals surface area contributed by atoms with Crippen molar-refractivity contribution in [1.82, 2.24) is 0 Å². The van der Waals surface area contributed by atoms with Gasteiger partial charge in [0.05, 0.1) is 0 Å². The average Bonchev–Trinajstić information content (AvgIpc) is 1.33. The molecular weight excluding hydrogens is 104 g/mol. The van der Waals surface area contributed by atoms with Crippen molar-refractivity contribution in [2.75, 3.05) is 0 Å². The molecule has 0 rings (SSSR count). The van der Waals surface area contributed by atoms with E-state index in [-0.39, 0.29) is 0 Å². The molecule has 0 spiro atoms. The highest BCUT2D eigenvalue weighted by atomic mass is 32.1. The van der Waals surface area contributed by atoms with Crippen molar-refractivity contribution in [3.05, 3.63) is 11.5 Å². The lowest BCUT2D eigenvalue weighted by atomic mass is 10.6. The summed E-state index contributed by atoms with van der Waals surface area (Å²) in [4.78, 5) is 0.861. The second kappa shape index (κ2) is 9.43. The highest BCUT2D eigenvalue weighted by molar-refractivity contribution is 7.84. The van der Waals surface area contributed by atoms with Crippen LogP contribution in [0.15, 0.2) is 11.5 Å². The fraction of sp³-hybridized carbons (Fsp3) is 0.667. The number of thiol groups is 1. The van der Waals surface area contributed by atoms with Gasteiger partial charge in [-0.3, -0.25) is 0 Å². The minimum atomic E-state index is 0.861. The predicted molar refractivity (Wildman–Crippen MR) is 39.8 cm³/mol. The molecule has 0 aliphatic rings. The molecular formula is C6H14S. The quantitative estimate of drug-likeness (QED) is 0.464. The van der Waals surface area contributed by atoms with Gasteiger partial charge in [0, 0.05) is 0 Å². The molecule has 0 aromatic carbocycles. The third-order valence-electron chi connectivity index (χ3n) is 0. The summed E-state index contributed by atoms with van der Waals surface area (Å²) in [6, 6.07) is 0. The minimum absolute atomic E-state index is 0.861. The molecule has 0 saturated heterocycles. The largest absolute Gasteiger partial charge is 0.149 e. The molecule has 0 aromatic rings. The van der Waals surface area contributed by atoms with Crippen LogP contribution in [-0.2, 0) is 0 Å². The molecule has 44 valence electrons. The zero-order valence-corrected chi connectivity index (χ0v) is 6.26. The third kappa shape index (κ3) is 12600. The van der Waals surface area contributed by atoms with E-state index in [0.717, 1.165) is 4.91 Å². The van der Waals surface area contributed by atoms with Gasteiger partial charge in [0.1, 0.15) is 0 Å². The molecule has 7 heavy (non-hydrogen) atoms. The van der Waals surface area contributed by atoms with Crippen molar-refractivity contribution in [1.29, 1.82) is 0 Å². The van der Waals surface area contributed by atoms with Gasteiger partial charge in [-0.25, -0.2) is 0 Å².